The maximum Gasteiger partial charge on any atom is 0.397 e. The van der Waals surface area contributed by atoms with Gasteiger partial charge in [-0.3, -0.25) is 0 Å². The van der Waals surface area contributed by atoms with Crippen molar-refractivity contribution < 1.29 is 0 Å². The number of hydrogen-bond acceptors (Lipinski definition) is 3. The molecule has 13 heavy (non-hydrogen) atoms. The van der Waals surface area contributed by atoms with Crippen molar-refractivity contribution in [3.05, 3.63) is 0 Å². The number of rotatable bonds is 6. The molecule has 0 aliphatic carbocycles. The summed E-state index contributed by atoms with van der Waals surface area (Å²) in [5.74, 6) is 7.37. The monoisotopic (exact) mass is 173 g/mol. The third-order valence-electron chi connectivity index (χ3n) is 1.22. The van der Waals surface area contributed by atoms with Gasteiger partial charge >= 0.3 is 7.12 Å². The zero-order chi connectivity index (χ0) is 9.94. The summed E-state index contributed by atoms with van der Waals surface area (Å²) in [5.41, 5.74) is 0. The van der Waals surface area contributed by atoms with Crippen molar-refractivity contribution in [3.63, 3.8) is 0 Å². The fourth-order valence-electron chi connectivity index (χ4n) is 0.699. The lowest BCUT2D eigenvalue weighted by molar-refractivity contribution is 0.895. The Bertz CT molecular complexity index is 200. The van der Waals surface area contributed by atoms with Gasteiger partial charge < -0.3 is 15.7 Å². The highest BCUT2D eigenvalue weighted by Gasteiger charge is 2.10. The third-order valence-corrected chi connectivity index (χ3v) is 1.22. The van der Waals surface area contributed by atoms with E-state index in [-0.39, 0.29) is 7.12 Å². The number of terminal acetylenes is 3. The van der Waals surface area contributed by atoms with Crippen LogP contribution in [0.3, 0.4) is 0 Å². The van der Waals surface area contributed by atoms with Crippen LogP contribution in [-0.4, -0.2) is 26.8 Å². The van der Waals surface area contributed by atoms with E-state index in [1.807, 2.05) is 0 Å². The van der Waals surface area contributed by atoms with E-state index in [0.29, 0.717) is 19.6 Å². The number of nitrogens with one attached hydrogen (secondary N) is 3. The van der Waals surface area contributed by atoms with Gasteiger partial charge in [0.1, 0.15) is 0 Å². The van der Waals surface area contributed by atoms with Gasteiger partial charge in [-0.25, -0.2) is 0 Å². The minimum absolute atomic E-state index is 0.136. The molecule has 0 aromatic heterocycles. The molecule has 0 rings (SSSR count). The average molecular weight is 173 g/mol. The zero-order valence-electron chi connectivity index (χ0n) is 7.43. The molecule has 0 aliphatic heterocycles. The first-order valence-corrected chi connectivity index (χ1v) is 3.85. The van der Waals surface area contributed by atoms with Crippen molar-refractivity contribution in [2.75, 3.05) is 19.6 Å². The predicted octanol–water partition coefficient (Wildman–Crippen LogP) is -1.36. The first-order chi connectivity index (χ1) is 6.35. The molecule has 3 N–H and O–H groups in total. The highest BCUT2D eigenvalue weighted by Crippen LogP contribution is 1.65. The van der Waals surface area contributed by atoms with Crippen molar-refractivity contribution >= 4 is 7.12 Å². The third kappa shape index (κ3) is 7.00. The van der Waals surface area contributed by atoms with Gasteiger partial charge in [-0.2, -0.15) is 0 Å². The maximum atomic E-state index is 5.09. The van der Waals surface area contributed by atoms with E-state index in [4.69, 9.17) is 19.3 Å². The Kier molecular flexibility index (Phi) is 7.80. The van der Waals surface area contributed by atoms with Crippen LogP contribution in [0.2, 0.25) is 0 Å². The lowest BCUT2D eigenvalue weighted by atomic mass is 9.94. The summed E-state index contributed by atoms with van der Waals surface area (Å²) in [6.45, 7) is 1.37. The van der Waals surface area contributed by atoms with Crippen LogP contribution < -0.4 is 15.7 Å². The Balaban J connectivity index is 3.70. The molecule has 66 valence electrons. The van der Waals surface area contributed by atoms with E-state index < -0.39 is 0 Å². The van der Waals surface area contributed by atoms with Gasteiger partial charge in [0.05, 0.1) is 0 Å². The fraction of sp³-hybridized carbons (Fsp3) is 0.333. The zero-order valence-corrected chi connectivity index (χ0v) is 7.43. The van der Waals surface area contributed by atoms with Gasteiger partial charge in [0.2, 0.25) is 0 Å². The molecule has 0 heterocycles. The normalized spacial score (nSPS) is 8.08. The van der Waals surface area contributed by atoms with E-state index >= 15 is 0 Å². The number of hydrogen-bond donors (Lipinski definition) is 3. The first-order valence-electron chi connectivity index (χ1n) is 3.85. The summed E-state index contributed by atoms with van der Waals surface area (Å²) in [6, 6.07) is 0. The molecule has 0 amide bonds. The topological polar surface area (TPSA) is 36.1 Å². The molecular formula is C9H12BN3. The molecule has 0 fully saturated rings. The van der Waals surface area contributed by atoms with E-state index in [2.05, 4.69) is 33.4 Å². The molecule has 0 radical (unpaired) electrons. The standard InChI is InChI=1S/C9H12BN3/c1-4-7-11-10(12-8-5-2)13-9-6-3/h1-3,11-13H,7-9H2. The van der Waals surface area contributed by atoms with Gasteiger partial charge in [-0.05, 0) is 0 Å². The molecule has 3 nitrogen and oxygen atoms in total. The Morgan fingerprint density at radius 3 is 1.31 bits per heavy atom. The average Bonchev–Trinajstić information content (AvgIpc) is 2.17. The lowest BCUT2D eigenvalue weighted by Crippen LogP contribution is -2.58. The van der Waals surface area contributed by atoms with E-state index in [1.54, 1.807) is 0 Å². The summed E-state index contributed by atoms with van der Waals surface area (Å²) in [4.78, 5) is 0. The summed E-state index contributed by atoms with van der Waals surface area (Å²) in [7, 11) is -0.136. The highest BCUT2D eigenvalue weighted by molar-refractivity contribution is 6.50. The summed E-state index contributed by atoms with van der Waals surface area (Å²) < 4.78 is 0. The molecule has 0 saturated carbocycles. The van der Waals surface area contributed by atoms with Crippen LogP contribution in [0.4, 0.5) is 0 Å². The summed E-state index contributed by atoms with van der Waals surface area (Å²) >= 11 is 0. The van der Waals surface area contributed by atoms with Gasteiger partial charge in [0, 0.05) is 19.6 Å². The summed E-state index contributed by atoms with van der Waals surface area (Å²) in [5, 5.41) is 8.97. The Hall–Kier alpha value is -1.38. The van der Waals surface area contributed by atoms with Crippen LogP contribution in [0.25, 0.3) is 0 Å². The second-order valence-corrected chi connectivity index (χ2v) is 2.19. The minimum Gasteiger partial charge on any atom is -0.317 e. The molecule has 0 saturated heterocycles. The van der Waals surface area contributed by atoms with Crippen LogP contribution in [0.1, 0.15) is 0 Å². The summed E-state index contributed by atoms with van der Waals surface area (Å²) in [6.07, 6.45) is 15.3. The molecule has 0 bridgehead atoms. The van der Waals surface area contributed by atoms with Crippen LogP contribution in [0, 0.1) is 37.0 Å². The van der Waals surface area contributed by atoms with Crippen molar-refractivity contribution in [3.8, 4) is 37.0 Å². The Labute approximate surface area is 80.2 Å². The Morgan fingerprint density at radius 2 is 1.08 bits per heavy atom. The maximum absolute atomic E-state index is 5.09. The Morgan fingerprint density at radius 1 is 0.769 bits per heavy atom. The van der Waals surface area contributed by atoms with E-state index in [9.17, 15) is 0 Å². The second-order valence-electron chi connectivity index (χ2n) is 2.19. The highest BCUT2D eigenvalue weighted by atomic mass is 15.1. The van der Waals surface area contributed by atoms with Crippen LogP contribution in [0.5, 0.6) is 0 Å². The largest absolute Gasteiger partial charge is 0.397 e. The quantitative estimate of drug-likeness (QED) is 0.343. The molecule has 0 spiro atoms. The molecule has 0 aliphatic rings. The molecular weight excluding hydrogens is 161 g/mol. The first kappa shape index (κ1) is 11.6. The van der Waals surface area contributed by atoms with Gasteiger partial charge in [-0.1, -0.05) is 17.8 Å². The van der Waals surface area contributed by atoms with Crippen molar-refractivity contribution in [1.82, 2.24) is 15.7 Å². The van der Waals surface area contributed by atoms with Crippen molar-refractivity contribution in [2.45, 2.75) is 0 Å². The predicted molar refractivity (Wildman–Crippen MR) is 56.3 cm³/mol. The van der Waals surface area contributed by atoms with Crippen molar-refractivity contribution in [1.29, 1.82) is 0 Å². The van der Waals surface area contributed by atoms with Gasteiger partial charge in [-0.15, -0.1) is 19.3 Å². The van der Waals surface area contributed by atoms with Crippen LogP contribution >= 0.6 is 0 Å². The molecule has 0 atom stereocenters. The SMILES string of the molecule is C#CCNB(NCC#C)NCC#C. The van der Waals surface area contributed by atoms with E-state index in [1.165, 1.54) is 0 Å². The molecule has 4 heteroatoms. The second kappa shape index (κ2) is 8.72. The van der Waals surface area contributed by atoms with E-state index in [0.717, 1.165) is 0 Å². The van der Waals surface area contributed by atoms with Crippen LogP contribution in [-0.2, 0) is 0 Å². The molecule has 0 aromatic carbocycles. The van der Waals surface area contributed by atoms with Gasteiger partial charge in [0.15, 0.2) is 0 Å². The molecule has 0 unspecified atom stereocenters. The van der Waals surface area contributed by atoms with Crippen molar-refractivity contribution in [2.24, 2.45) is 0 Å². The molecule has 0 aromatic rings. The smallest absolute Gasteiger partial charge is 0.317 e. The lowest BCUT2D eigenvalue weighted by Gasteiger charge is -2.12. The van der Waals surface area contributed by atoms with Gasteiger partial charge in [0.25, 0.3) is 0 Å². The minimum atomic E-state index is -0.136. The van der Waals surface area contributed by atoms with Crippen LogP contribution in [0.15, 0.2) is 0 Å². The fourth-order valence-corrected chi connectivity index (χ4v) is 0.699.